The smallest absolute Gasteiger partial charge is 0.222 e. The summed E-state index contributed by atoms with van der Waals surface area (Å²) >= 11 is 0. The summed E-state index contributed by atoms with van der Waals surface area (Å²) in [6.45, 7) is 4.42. The molecule has 2 amide bonds. The molecule has 0 aromatic rings. The zero-order valence-electron chi connectivity index (χ0n) is 10.7. The van der Waals surface area contributed by atoms with E-state index in [1.807, 2.05) is 9.80 Å². The van der Waals surface area contributed by atoms with Crippen LogP contribution in [0.1, 0.15) is 39.0 Å². The standard InChI is InChI=1S/C13H22N2O2/c1-11(16)14-6-8-15(9-7-14)13(17)10-12-4-2-3-5-12/h12H,2-10H2,1H3. The van der Waals surface area contributed by atoms with E-state index in [9.17, 15) is 9.59 Å². The van der Waals surface area contributed by atoms with Crippen LogP contribution in [0.15, 0.2) is 0 Å². The third-order valence-electron chi connectivity index (χ3n) is 4.02. The highest BCUT2D eigenvalue weighted by atomic mass is 16.2. The van der Waals surface area contributed by atoms with E-state index >= 15 is 0 Å². The lowest BCUT2D eigenvalue weighted by Gasteiger charge is -2.34. The molecule has 0 radical (unpaired) electrons. The van der Waals surface area contributed by atoms with Crippen molar-refractivity contribution in [2.24, 2.45) is 5.92 Å². The van der Waals surface area contributed by atoms with Crippen LogP contribution in [0, 0.1) is 5.92 Å². The Morgan fingerprint density at radius 1 is 1.00 bits per heavy atom. The van der Waals surface area contributed by atoms with Gasteiger partial charge >= 0.3 is 0 Å². The van der Waals surface area contributed by atoms with Gasteiger partial charge in [-0.3, -0.25) is 9.59 Å². The fourth-order valence-corrected chi connectivity index (χ4v) is 2.86. The first kappa shape index (κ1) is 12.4. The number of rotatable bonds is 2. The average molecular weight is 238 g/mol. The summed E-state index contributed by atoms with van der Waals surface area (Å²) in [6.07, 6.45) is 5.74. The lowest BCUT2D eigenvalue weighted by Crippen LogP contribution is -2.50. The van der Waals surface area contributed by atoms with Gasteiger partial charge in [-0.25, -0.2) is 0 Å². The van der Waals surface area contributed by atoms with Gasteiger partial charge < -0.3 is 9.80 Å². The summed E-state index contributed by atoms with van der Waals surface area (Å²) in [6, 6.07) is 0. The van der Waals surface area contributed by atoms with Crippen molar-refractivity contribution >= 4 is 11.8 Å². The van der Waals surface area contributed by atoms with E-state index in [2.05, 4.69) is 0 Å². The SMILES string of the molecule is CC(=O)N1CCN(C(=O)CC2CCCC2)CC1. The Kier molecular flexibility index (Phi) is 4.02. The minimum atomic E-state index is 0.118. The van der Waals surface area contributed by atoms with E-state index < -0.39 is 0 Å². The van der Waals surface area contributed by atoms with Gasteiger partial charge in [-0.15, -0.1) is 0 Å². The molecule has 1 saturated heterocycles. The van der Waals surface area contributed by atoms with Gasteiger partial charge in [-0.1, -0.05) is 12.8 Å². The summed E-state index contributed by atoms with van der Waals surface area (Å²) in [7, 11) is 0. The van der Waals surface area contributed by atoms with E-state index in [1.54, 1.807) is 6.92 Å². The summed E-state index contributed by atoms with van der Waals surface area (Å²) in [5.74, 6) is 1.03. The Bertz CT molecular complexity index is 290. The molecule has 0 aromatic heterocycles. The molecule has 0 unspecified atom stereocenters. The maximum atomic E-state index is 12.1. The van der Waals surface area contributed by atoms with Gasteiger partial charge in [0.15, 0.2) is 0 Å². The summed E-state index contributed by atoms with van der Waals surface area (Å²) in [5, 5.41) is 0. The van der Waals surface area contributed by atoms with Crippen LogP contribution in [0.4, 0.5) is 0 Å². The van der Waals surface area contributed by atoms with Crippen LogP contribution in [0.3, 0.4) is 0 Å². The number of amides is 2. The van der Waals surface area contributed by atoms with Crippen molar-refractivity contribution in [1.82, 2.24) is 9.80 Å². The van der Waals surface area contributed by atoms with E-state index in [1.165, 1.54) is 25.7 Å². The van der Waals surface area contributed by atoms with E-state index in [0.29, 0.717) is 38.0 Å². The molecule has 4 heteroatoms. The molecule has 0 spiro atoms. The second-order valence-electron chi connectivity index (χ2n) is 5.24. The Morgan fingerprint density at radius 3 is 2.06 bits per heavy atom. The molecule has 1 aliphatic carbocycles. The molecule has 1 aliphatic heterocycles. The summed E-state index contributed by atoms with van der Waals surface area (Å²) in [5.41, 5.74) is 0. The first-order chi connectivity index (χ1) is 8.16. The highest BCUT2D eigenvalue weighted by Gasteiger charge is 2.25. The molecule has 2 aliphatic rings. The third kappa shape index (κ3) is 3.20. The second kappa shape index (κ2) is 5.52. The lowest BCUT2D eigenvalue weighted by atomic mass is 10.0. The van der Waals surface area contributed by atoms with E-state index in [-0.39, 0.29) is 5.91 Å². The highest BCUT2D eigenvalue weighted by molar-refractivity contribution is 5.77. The molecule has 0 aromatic carbocycles. The summed E-state index contributed by atoms with van der Waals surface area (Å²) in [4.78, 5) is 27.0. The predicted octanol–water partition coefficient (Wildman–Crippen LogP) is 1.26. The number of hydrogen-bond acceptors (Lipinski definition) is 2. The van der Waals surface area contributed by atoms with Gasteiger partial charge in [0.25, 0.3) is 0 Å². The van der Waals surface area contributed by atoms with Crippen molar-refractivity contribution in [3.63, 3.8) is 0 Å². The van der Waals surface area contributed by atoms with E-state index in [0.717, 1.165) is 6.42 Å². The van der Waals surface area contributed by atoms with Crippen LogP contribution < -0.4 is 0 Å². The third-order valence-corrected chi connectivity index (χ3v) is 4.02. The predicted molar refractivity (Wildman–Crippen MR) is 65.4 cm³/mol. The van der Waals surface area contributed by atoms with Crippen molar-refractivity contribution in [2.75, 3.05) is 26.2 Å². The Hall–Kier alpha value is -1.06. The van der Waals surface area contributed by atoms with Crippen LogP contribution in [0.2, 0.25) is 0 Å². The van der Waals surface area contributed by atoms with Gasteiger partial charge in [0.2, 0.25) is 11.8 Å². The first-order valence-corrected chi connectivity index (χ1v) is 6.70. The van der Waals surface area contributed by atoms with Gasteiger partial charge in [0.1, 0.15) is 0 Å². The lowest BCUT2D eigenvalue weighted by molar-refractivity contribution is -0.139. The topological polar surface area (TPSA) is 40.6 Å². The maximum absolute atomic E-state index is 12.1. The molecular weight excluding hydrogens is 216 g/mol. The molecule has 17 heavy (non-hydrogen) atoms. The molecule has 2 rings (SSSR count). The average Bonchev–Trinajstić information content (AvgIpc) is 2.82. The second-order valence-corrected chi connectivity index (χ2v) is 5.24. The van der Waals surface area contributed by atoms with Crippen LogP contribution in [0.5, 0.6) is 0 Å². The van der Waals surface area contributed by atoms with Crippen LogP contribution in [-0.4, -0.2) is 47.8 Å². The van der Waals surface area contributed by atoms with Crippen molar-refractivity contribution < 1.29 is 9.59 Å². The monoisotopic (exact) mass is 238 g/mol. The summed E-state index contributed by atoms with van der Waals surface area (Å²) < 4.78 is 0. The molecule has 1 saturated carbocycles. The van der Waals surface area contributed by atoms with Crippen LogP contribution >= 0.6 is 0 Å². The molecule has 2 fully saturated rings. The Morgan fingerprint density at radius 2 is 1.53 bits per heavy atom. The molecule has 96 valence electrons. The first-order valence-electron chi connectivity index (χ1n) is 6.70. The fourth-order valence-electron chi connectivity index (χ4n) is 2.86. The number of nitrogens with zero attached hydrogens (tertiary/aromatic N) is 2. The minimum Gasteiger partial charge on any atom is -0.339 e. The molecule has 0 bridgehead atoms. The molecule has 0 N–H and O–H groups in total. The van der Waals surface area contributed by atoms with Crippen molar-refractivity contribution in [2.45, 2.75) is 39.0 Å². The molecule has 1 heterocycles. The Labute approximate surface area is 103 Å². The van der Waals surface area contributed by atoms with Crippen molar-refractivity contribution in [3.8, 4) is 0 Å². The number of carbonyl (C=O) groups excluding carboxylic acids is 2. The van der Waals surface area contributed by atoms with E-state index in [4.69, 9.17) is 0 Å². The van der Waals surface area contributed by atoms with Crippen molar-refractivity contribution in [1.29, 1.82) is 0 Å². The quantitative estimate of drug-likeness (QED) is 0.726. The van der Waals surface area contributed by atoms with Gasteiger partial charge in [0.05, 0.1) is 0 Å². The normalized spacial score (nSPS) is 21.9. The number of hydrogen-bond donors (Lipinski definition) is 0. The number of carbonyl (C=O) groups is 2. The van der Waals surface area contributed by atoms with Crippen LogP contribution in [0.25, 0.3) is 0 Å². The zero-order chi connectivity index (χ0) is 12.3. The Balaban J connectivity index is 1.75. The minimum absolute atomic E-state index is 0.118. The molecular formula is C13H22N2O2. The highest BCUT2D eigenvalue weighted by Crippen LogP contribution is 2.28. The maximum Gasteiger partial charge on any atom is 0.222 e. The largest absolute Gasteiger partial charge is 0.339 e. The molecule has 0 atom stereocenters. The van der Waals surface area contributed by atoms with Gasteiger partial charge in [-0.2, -0.15) is 0 Å². The van der Waals surface area contributed by atoms with Gasteiger partial charge in [0, 0.05) is 39.5 Å². The number of piperazine rings is 1. The van der Waals surface area contributed by atoms with Crippen LogP contribution in [-0.2, 0) is 9.59 Å². The fraction of sp³-hybridized carbons (Fsp3) is 0.846. The van der Waals surface area contributed by atoms with Gasteiger partial charge in [-0.05, 0) is 18.8 Å². The van der Waals surface area contributed by atoms with Crippen molar-refractivity contribution in [3.05, 3.63) is 0 Å². The molecule has 4 nitrogen and oxygen atoms in total. The zero-order valence-corrected chi connectivity index (χ0v) is 10.7.